The lowest BCUT2D eigenvalue weighted by Crippen LogP contribution is -2.37. The van der Waals surface area contributed by atoms with Crippen molar-refractivity contribution in [1.29, 1.82) is 0 Å². The molecule has 0 bridgehead atoms. The Morgan fingerprint density at radius 3 is 1.33 bits per heavy atom. The van der Waals surface area contributed by atoms with Crippen molar-refractivity contribution in [3.8, 4) is 0 Å². The summed E-state index contributed by atoms with van der Waals surface area (Å²) in [5.74, 6) is -0.706. The van der Waals surface area contributed by atoms with Crippen LogP contribution in [0, 0.1) is 6.92 Å². The van der Waals surface area contributed by atoms with Gasteiger partial charge in [-0.05, 0) is 22.8 Å². The Labute approximate surface area is 194 Å². The molecule has 4 rings (SSSR count). The summed E-state index contributed by atoms with van der Waals surface area (Å²) in [7, 11) is -4.91. The van der Waals surface area contributed by atoms with Gasteiger partial charge < -0.3 is 0 Å². The second kappa shape index (κ2) is 9.32. The van der Waals surface area contributed by atoms with E-state index in [-0.39, 0.29) is 5.56 Å². The standard InChI is InChI=1S/C27H23O4PS/c1-21-17-19-22(20-18-21)26(28)27(33(29,30)31)32(23-11-5-2-6-12-23,24-13-7-3-8-14-24)25-15-9-4-10-16-25/h2-20H,1H3,(H,29,30,31). The average molecular weight is 475 g/mol. The van der Waals surface area contributed by atoms with Crippen LogP contribution in [-0.2, 0) is 10.1 Å². The smallest absolute Gasteiger partial charge is 0.288 e. The van der Waals surface area contributed by atoms with E-state index in [2.05, 4.69) is 0 Å². The van der Waals surface area contributed by atoms with E-state index in [9.17, 15) is 17.8 Å². The summed E-state index contributed by atoms with van der Waals surface area (Å²) in [5, 5.41) is 1.99. The molecule has 0 saturated carbocycles. The fraction of sp³-hybridized carbons (Fsp3) is 0.0370. The number of aryl methyl sites for hydroxylation is 1. The Kier molecular flexibility index (Phi) is 6.48. The second-order valence-electron chi connectivity index (χ2n) is 7.65. The summed E-state index contributed by atoms with van der Waals surface area (Å²) in [6.07, 6.45) is 0. The maximum absolute atomic E-state index is 13.9. The van der Waals surface area contributed by atoms with Gasteiger partial charge in [0.1, 0.15) is 0 Å². The summed E-state index contributed by atoms with van der Waals surface area (Å²) in [5.41, 5.74) is 1.15. The first-order chi connectivity index (χ1) is 15.8. The van der Waals surface area contributed by atoms with Crippen LogP contribution in [0.5, 0.6) is 0 Å². The highest BCUT2D eigenvalue weighted by molar-refractivity contribution is 8.19. The van der Waals surface area contributed by atoms with Crippen LogP contribution in [0.3, 0.4) is 0 Å². The first kappa shape index (κ1) is 22.9. The van der Waals surface area contributed by atoms with Crippen LogP contribution in [0.2, 0.25) is 0 Å². The van der Waals surface area contributed by atoms with Gasteiger partial charge in [-0.2, -0.15) is 8.42 Å². The Hall–Kier alpha value is -3.24. The Morgan fingerprint density at radius 1 is 0.636 bits per heavy atom. The van der Waals surface area contributed by atoms with Gasteiger partial charge >= 0.3 is 0 Å². The molecular weight excluding hydrogens is 451 g/mol. The molecule has 0 fully saturated rings. The van der Waals surface area contributed by atoms with Gasteiger partial charge in [-0.15, -0.1) is 0 Å². The number of benzene rings is 4. The van der Waals surface area contributed by atoms with Crippen molar-refractivity contribution in [2.75, 3.05) is 0 Å². The molecule has 4 aromatic carbocycles. The highest BCUT2D eigenvalue weighted by atomic mass is 32.2. The van der Waals surface area contributed by atoms with Crippen LogP contribution in [-0.4, -0.2) is 23.4 Å². The van der Waals surface area contributed by atoms with Gasteiger partial charge in [0.2, 0.25) is 5.78 Å². The lowest BCUT2D eigenvalue weighted by atomic mass is 10.1. The molecule has 0 aliphatic rings. The first-order valence-electron chi connectivity index (χ1n) is 10.4. The molecule has 0 aromatic heterocycles. The van der Waals surface area contributed by atoms with E-state index in [1.54, 1.807) is 24.3 Å². The van der Waals surface area contributed by atoms with Gasteiger partial charge in [-0.25, -0.2) is 0 Å². The number of rotatable bonds is 6. The van der Waals surface area contributed by atoms with E-state index in [0.29, 0.717) is 15.9 Å². The molecule has 33 heavy (non-hydrogen) atoms. The molecule has 0 amide bonds. The van der Waals surface area contributed by atoms with E-state index in [4.69, 9.17) is 0 Å². The van der Waals surface area contributed by atoms with Gasteiger partial charge in [0.25, 0.3) is 10.1 Å². The normalized spacial score (nSPS) is 11.7. The zero-order valence-corrected chi connectivity index (χ0v) is 19.7. The minimum Gasteiger partial charge on any atom is -0.288 e. The van der Waals surface area contributed by atoms with Gasteiger partial charge in [-0.3, -0.25) is 9.35 Å². The highest BCUT2D eigenvalue weighted by Gasteiger charge is 2.39. The third-order valence-electron chi connectivity index (χ3n) is 5.49. The van der Waals surface area contributed by atoms with Gasteiger partial charge in [-0.1, -0.05) is 121 Å². The molecule has 0 aliphatic heterocycles. The van der Waals surface area contributed by atoms with Crippen LogP contribution < -0.4 is 15.9 Å². The van der Waals surface area contributed by atoms with E-state index < -0.39 is 27.4 Å². The summed E-state index contributed by atoms with van der Waals surface area (Å²) >= 11 is 0. The zero-order valence-electron chi connectivity index (χ0n) is 18.0. The number of ketones is 1. The molecule has 1 N–H and O–H groups in total. The van der Waals surface area contributed by atoms with Crippen LogP contribution >= 0.6 is 6.89 Å². The molecular formula is C27H23O4PS. The average Bonchev–Trinajstić information content (AvgIpc) is 2.83. The van der Waals surface area contributed by atoms with Crippen molar-refractivity contribution in [2.45, 2.75) is 6.92 Å². The van der Waals surface area contributed by atoms with Crippen molar-refractivity contribution in [3.05, 3.63) is 126 Å². The van der Waals surface area contributed by atoms with E-state index in [1.807, 2.05) is 97.9 Å². The molecule has 0 saturated heterocycles. The van der Waals surface area contributed by atoms with Gasteiger partial charge in [0.05, 0.1) is 0 Å². The lowest BCUT2D eigenvalue weighted by molar-refractivity contribution is 0.107. The lowest BCUT2D eigenvalue weighted by Gasteiger charge is -2.31. The first-order valence-corrected chi connectivity index (χ1v) is 13.6. The quantitative estimate of drug-likeness (QED) is 0.258. The third-order valence-corrected chi connectivity index (χ3v) is 11.7. The summed E-state index contributed by atoms with van der Waals surface area (Å²) in [6, 6.07) is 34.0. The molecule has 0 atom stereocenters. The molecule has 166 valence electrons. The molecule has 0 radical (unpaired) electrons. The number of hydrogen-bond donors (Lipinski definition) is 1. The second-order valence-corrected chi connectivity index (χ2v) is 12.7. The van der Waals surface area contributed by atoms with Crippen LogP contribution in [0.15, 0.2) is 115 Å². The number of carbonyl (C=O) groups excluding carboxylic acids is 1. The van der Waals surface area contributed by atoms with Gasteiger partial charge in [0, 0.05) is 12.4 Å². The minimum atomic E-state index is -4.91. The van der Waals surface area contributed by atoms with E-state index in [0.717, 1.165) is 5.56 Å². The zero-order chi connectivity index (χ0) is 23.5. The van der Waals surface area contributed by atoms with Crippen LogP contribution in [0.1, 0.15) is 15.9 Å². The van der Waals surface area contributed by atoms with Crippen LogP contribution in [0.25, 0.3) is 0 Å². The van der Waals surface area contributed by atoms with E-state index in [1.165, 1.54) is 0 Å². The Morgan fingerprint density at radius 2 is 1.00 bits per heavy atom. The number of hydrogen-bond acceptors (Lipinski definition) is 3. The number of Topliss-reactive ketones (excluding diaryl/α,β-unsaturated/α-hetero) is 1. The largest absolute Gasteiger partial charge is 0.299 e. The molecule has 4 nitrogen and oxygen atoms in total. The third kappa shape index (κ3) is 4.36. The fourth-order valence-electron chi connectivity index (χ4n) is 4.02. The molecule has 0 unspecified atom stereocenters. The predicted octanol–water partition coefficient (Wildman–Crippen LogP) is 4.19. The molecule has 4 aromatic rings. The maximum Gasteiger partial charge on any atom is 0.299 e. The topological polar surface area (TPSA) is 71.4 Å². The molecule has 0 aliphatic carbocycles. The minimum absolute atomic E-state index is 0.209. The number of carbonyl (C=O) groups is 1. The predicted molar refractivity (Wildman–Crippen MR) is 137 cm³/mol. The fourth-order valence-corrected chi connectivity index (χ4v) is 10.6. The maximum atomic E-state index is 13.9. The highest BCUT2D eigenvalue weighted by Crippen LogP contribution is 2.47. The van der Waals surface area contributed by atoms with E-state index >= 15 is 0 Å². The van der Waals surface area contributed by atoms with Crippen molar-refractivity contribution >= 4 is 43.3 Å². The Balaban J connectivity index is 2.29. The molecule has 0 spiro atoms. The monoisotopic (exact) mass is 474 g/mol. The summed E-state index contributed by atoms with van der Waals surface area (Å²) < 4.78 is 36.3. The summed E-state index contributed by atoms with van der Waals surface area (Å²) in [4.78, 5) is 13.9. The Bertz CT molecular complexity index is 1330. The van der Waals surface area contributed by atoms with Crippen LogP contribution in [0.4, 0.5) is 0 Å². The van der Waals surface area contributed by atoms with Crippen molar-refractivity contribution in [1.82, 2.24) is 0 Å². The molecule has 0 heterocycles. The SMILES string of the molecule is Cc1ccc(C(=O)C(=P(c2ccccc2)(c2ccccc2)c2ccccc2)S(=O)(=O)O)cc1. The van der Waals surface area contributed by atoms with Crippen molar-refractivity contribution in [3.63, 3.8) is 0 Å². The van der Waals surface area contributed by atoms with Gasteiger partial charge in [0.15, 0.2) is 4.63 Å². The van der Waals surface area contributed by atoms with Crippen molar-refractivity contribution in [2.24, 2.45) is 0 Å². The molecule has 6 heteroatoms. The van der Waals surface area contributed by atoms with Crippen molar-refractivity contribution < 1.29 is 17.8 Å². The summed E-state index contributed by atoms with van der Waals surface area (Å²) in [6.45, 7) is -1.40.